The van der Waals surface area contributed by atoms with Crippen LogP contribution in [0.2, 0.25) is 0 Å². The van der Waals surface area contributed by atoms with Gasteiger partial charge in [0.2, 0.25) is 11.8 Å². The summed E-state index contributed by atoms with van der Waals surface area (Å²) < 4.78 is 0. The number of fused-ring (bicyclic) bond motifs is 1. The number of nitrogens with zero attached hydrogens (tertiary/aromatic N) is 2. The first-order valence-corrected chi connectivity index (χ1v) is 14.3. The molecule has 208 valence electrons. The zero-order valence-corrected chi connectivity index (χ0v) is 23.0. The molecular formula is C36H26N4O3. The lowest BCUT2D eigenvalue weighted by Crippen LogP contribution is -2.54. The van der Waals surface area contributed by atoms with Crippen LogP contribution in [0.15, 0.2) is 120 Å². The molecule has 1 saturated heterocycles. The maximum atomic E-state index is 14.7. The predicted octanol–water partition coefficient (Wildman–Crippen LogP) is 5.39. The number of hydrogen-bond donors (Lipinski definition) is 2. The number of nitrogen functional groups attached to an aromatic ring is 1. The topological polar surface area (TPSA) is 105 Å². The Bertz CT molecular complexity index is 1980. The minimum atomic E-state index is -1.09. The average molecular weight is 563 g/mol. The molecule has 1 aliphatic heterocycles. The second kappa shape index (κ2) is 9.22. The van der Waals surface area contributed by atoms with Gasteiger partial charge in [0.1, 0.15) is 0 Å². The Labute approximate surface area is 247 Å². The molecule has 4 aliphatic rings. The van der Waals surface area contributed by atoms with Gasteiger partial charge in [-0.15, -0.1) is 0 Å². The summed E-state index contributed by atoms with van der Waals surface area (Å²) in [6, 6.07) is 36.1. The SMILES string of the molecule is Nc1ccccc1C(=O)N/N=C\C12c3ccccc3C(c3ccccc31)[C@@H]1C(=O)N(c3cccc4ccccc34)C(=O)[C@H]12. The first-order chi connectivity index (χ1) is 21.0. The standard InChI is InChI=1S/C36H26N4O3/c37-28-18-8-5-15-25(28)33(41)39-38-20-36-26-16-6-3-13-23(26)30(24-14-4-7-17-27(24)36)31-32(36)35(43)40(34(31)42)29-19-9-11-21-10-1-2-12-22(21)29/h1-20,30-32H,37H2,(H,39,41)/b38-20-/t30?,31-,32-,36?/m0/s1. The van der Waals surface area contributed by atoms with E-state index in [0.29, 0.717) is 16.9 Å². The zero-order chi connectivity index (χ0) is 29.3. The fraction of sp³-hybridized carbons (Fsp3) is 0.111. The third kappa shape index (κ3) is 3.36. The van der Waals surface area contributed by atoms with Crippen molar-refractivity contribution in [2.45, 2.75) is 11.3 Å². The monoisotopic (exact) mass is 562 g/mol. The number of para-hydroxylation sites is 1. The molecule has 0 unspecified atom stereocenters. The van der Waals surface area contributed by atoms with E-state index in [1.165, 1.54) is 4.90 Å². The van der Waals surface area contributed by atoms with E-state index in [1.54, 1.807) is 30.5 Å². The van der Waals surface area contributed by atoms with Crippen molar-refractivity contribution in [3.05, 3.63) is 143 Å². The van der Waals surface area contributed by atoms with Crippen LogP contribution in [0.25, 0.3) is 10.8 Å². The van der Waals surface area contributed by atoms with E-state index in [0.717, 1.165) is 33.0 Å². The summed E-state index contributed by atoms with van der Waals surface area (Å²) in [6.07, 6.45) is 1.66. The van der Waals surface area contributed by atoms with E-state index in [-0.39, 0.29) is 17.7 Å². The van der Waals surface area contributed by atoms with Gasteiger partial charge in [-0.2, -0.15) is 5.10 Å². The van der Waals surface area contributed by atoms with Crippen molar-refractivity contribution in [3.8, 4) is 0 Å². The van der Waals surface area contributed by atoms with Crippen LogP contribution in [-0.4, -0.2) is 23.9 Å². The molecule has 3 N–H and O–H groups in total. The van der Waals surface area contributed by atoms with E-state index in [4.69, 9.17) is 5.73 Å². The molecule has 9 rings (SSSR count). The highest BCUT2D eigenvalue weighted by Gasteiger charge is 2.68. The number of amides is 3. The number of nitrogens with two attached hydrogens (primary N) is 1. The van der Waals surface area contributed by atoms with Crippen LogP contribution in [0.1, 0.15) is 38.5 Å². The van der Waals surface area contributed by atoms with Crippen molar-refractivity contribution in [1.82, 2.24) is 5.43 Å². The number of nitrogens with one attached hydrogen (secondary N) is 1. The molecule has 7 heteroatoms. The van der Waals surface area contributed by atoms with Crippen LogP contribution in [-0.2, 0) is 15.0 Å². The normalized spacial score (nSPS) is 23.3. The van der Waals surface area contributed by atoms with Gasteiger partial charge in [-0.05, 0) is 45.8 Å². The first kappa shape index (κ1) is 25.2. The maximum Gasteiger partial charge on any atom is 0.273 e. The zero-order valence-electron chi connectivity index (χ0n) is 23.0. The number of hydrazone groups is 1. The molecule has 0 spiro atoms. The second-order valence-corrected chi connectivity index (χ2v) is 11.3. The number of carbonyl (C=O) groups excluding carboxylic acids is 3. The van der Waals surface area contributed by atoms with Gasteiger partial charge >= 0.3 is 0 Å². The summed E-state index contributed by atoms with van der Waals surface area (Å²) in [6.45, 7) is 0. The molecule has 2 bridgehead atoms. The van der Waals surface area contributed by atoms with Gasteiger partial charge in [0.05, 0.1) is 28.5 Å². The van der Waals surface area contributed by atoms with Gasteiger partial charge < -0.3 is 5.73 Å². The Balaban J connectivity index is 1.32. The van der Waals surface area contributed by atoms with Crippen LogP contribution in [0.3, 0.4) is 0 Å². The molecule has 1 fully saturated rings. The number of hydrogen-bond acceptors (Lipinski definition) is 5. The van der Waals surface area contributed by atoms with Crippen LogP contribution in [0, 0.1) is 11.8 Å². The number of benzene rings is 5. The van der Waals surface area contributed by atoms with Crippen molar-refractivity contribution in [1.29, 1.82) is 0 Å². The van der Waals surface area contributed by atoms with Gasteiger partial charge in [0, 0.05) is 23.2 Å². The van der Waals surface area contributed by atoms with Gasteiger partial charge in [-0.25, -0.2) is 10.3 Å². The minimum absolute atomic E-state index is 0.223. The van der Waals surface area contributed by atoms with Crippen LogP contribution in [0.5, 0.6) is 0 Å². The maximum absolute atomic E-state index is 14.7. The molecule has 5 aromatic rings. The Kier molecular flexibility index (Phi) is 5.40. The molecule has 3 aliphatic carbocycles. The van der Waals surface area contributed by atoms with Crippen molar-refractivity contribution in [2.24, 2.45) is 16.9 Å². The predicted molar refractivity (Wildman–Crippen MR) is 166 cm³/mol. The summed E-state index contributed by atoms with van der Waals surface area (Å²) >= 11 is 0. The van der Waals surface area contributed by atoms with Crippen LogP contribution in [0.4, 0.5) is 11.4 Å². The van der Waals surface area contributed by atoms with Crippen molar-refractivity contribution >= 4 is 46.1 Å². The van der Waals surface area contributed by atoms with Crippen molar-refractivity contribution < 1.29 is 14.4 Å². The fourth-order valence-electron chi connectivity index (χ4n) is 7.65. The first-order valence-electron chi connectivity index (χ1n) is 14.3. The molecule has 0 radical (unpaired) electrons. The minimum Gasteiger partial charge on any atom is -0.398 e. The van der Waals surface area contributed by atoms with Gasteiger partial charge in [0.15, 0.2) is 0 Å². The second-order valence-electron chi connectivity index (χ2n) is 11.3. The Morgan fingerprint density at radius 2 is 1.40 bits per heavy atom. The fourth-order valence-corrected chi connectivity index (χ4v) is 7.65. The summed E-state index contributed by atoms with van der Waals surface area (Å²) in [5.41, 5.74) is 12.6. The molecule has 43 heavy (non-hydrogen) atoms. The van der Waals surface area contributed by atoms with E-state index in [9.17, 15) is 14.4 Å². The molecule has 3 amide bonds. The molecule has 0 saturated carbocycles. The molecule has 2 atom stereocenters. The lowest BCUT2D eigenvalue weighted by molar-refractivity contribution is -0.122. The summed E-state index contributed by atoms with van der Waals surface area (Å²) in [7, 11) is 0. The molecule has 1 heterocycles. The van der Waals surface area contributed by atoms with E-state index in [2.05, 4.69) is 10.5 Å². The van der Waals surface area contributed by atoms with Crippen LogP contribution < -0.4 is 16.1 Å². The Hall–Kier alpha value is -5.56. The highest BCUT2D eigenvalue weighted by atomic mass is 16.2. The van der Waals surface area contributed by atoms with Gasteiger partial charge in [-0.1, -0.05) is 97.1 Å². The largest absolute Gasteiger partial charge is 0.398 e. The third-order valence-corrected chi connectivity index (χ3v) is 9.33. The summed E-state index contributed by atoms with van der Waals surface area (Å²) in [4.78, 5) is 43.7. The smallest absolute Gasteiger partial charge is 0.273 e. The average Bonchev–Trinajstić information content (AvgIpc) is 3.31. The summed E-state index contributed by atoms with van der Waals surface area (Å²) in [5.74, 6) is -2.63. The molecule has 0 aromatic heterocycles. The third-order valence-electron chi connectivity index (χ3n) is 9.33. The van der Waals surface area contributed by atoms with E-state index >= 15 is 0 Å². The summed E-state index contributed by atoms with van der Waals surface area (Å²) in [5, 5.41) is 6.27. The molecule has 5 aromatic carbocycles. The number of imide groups is 1. The molecule has 7 nitrogen and oxygen atoms in total. The Morgan fingerprint density at radius 3 is 2.14 bits per heavy atom. The lowest BCUT2D eigenvalue weighted by atomic mass is 9.47. The highest BCUT2D eigenvalue weighted by molar-refractivity contribution is 6.27. The van der Waals surface area contributed by atoms with E-state index in [1.807, 2.05) is 91.0 Å². The van der Waals surface area contributed by atoms with Gasteiger partial charge in [-0.3, -0.25) is 14.4 Å². The van der Waals surface area contributed by atoms with Crippen LogP contribution >= 0.6 is 0 Å². The number of carbonyl (C=O) groups is 3. The number of anilines is 2. The quantitative estimate of drug-likeness (QED) is 0.133. The van der Waals surface area contributed by atoms with E-state index < -0.39 is 23.2 Å². The van der Waals surface area contributed by atoms with Gasteiger partial charge in [0.25, 0.3) is 5.91 Å². The molecular weight excluding hydrogens is 536 g/mol. The van der Waals surface area contributed by atoms with Crippen molar-refractivity contribution in [3.63, 3.8) is 0 Å². The van der Waals surface area contributed by atoms with Crippen molar-refractivity contribution in [2.75, 3.05) is 10.6 Å². The Morgan fingerprint density at radius 1 is 0.767 bits per heavy atom. The lowest BCUT2D eigenvalue weighted by Gasteiger charge is -2.52. The highest BCUT2D eigenvalue weighted by Crippen LogP contribution is 2.63. The number of rotatable bonds is 4.